The van der Waals surface area contributed by atoms with Gasteiger partial charge in [-0.15, -0.1) is 11.8 Å². The molecule has 11 heterocycles. The summed E-state index contributed by atoms with van der Waals surface area (Å²) in [5.74, 6) is 1.68. The topological polar surface area (TPSA) is 486 Å². The van der Waals surface area contributed by atoms with Crippen LogP contribution in [0.3, 0.4) is 0 Å². The second-order valence-corrected chi connectivity index (χ2v) is 31.5. The fourth-order valence-electron chi connectivity index (χ4n) is 12.3. The van der Waals surface area contributed by atoms with E-state index in [1.54, 1.807) is 131 Å². The van der Waals surface area contributed by atoms with E-state index < -0.39 is 17.6 Å². The van der Waals surface area contributed by atoms with Crippen molar-refractivity contribution in [3.8, 4) is 35.5 Å². The average Bonchev–Trinajstić information content (AvgIpc) is 1.71. The van der Waals surface area contributed by atoms with E-state index in [4.69, 9.17) is 9.15 Å². The van der Waals surface area contributed by atoms with Crippen molar-refractivity contribution in [1.82, 2.24) is 98.7 Å². The Hall–Kier alpha value is -16.0. The minimum absolute atomic E-state index is 0.0455. The summed E-state index contributed by atoms with van der Waals surface area (Å²) in [4.78, 5) is 159. The summed E-state index contributed by atoms with van der Waals surface area (Å²) in [7, 11) is 1.51. The number of carbonyl (C=O) groups excluding carboxylic acids is 5. The zero-order valence-corrected chi connectivity index (χ0v) is 74.4. The van der Waals surface area contributed by atoms with Crippen LogP contribution in [0.2, 0.25) is 0 Å². The van der Waals surface area contributed by atoms with Crippen molar-refractivity contribution in [2.75, 3.05) is 39.9 Å². The molecule has 0 atom stereocenters. The van der Waals surface area contributed by atoms with Crippen molar-refractivity contribution in [2.24, 2.45) is 0 Å². The van der Waals surface area contributed by atoms with E-state index in [2.05, 4.69) is 102 Å². The van der Waals surface area contributed by atoms with Gasteiger partial charge in [-0.3, -0.25) is 72.9 Å². The summed E-state index contributed by atoms with van der Waals surface area (Å²) in [5.41, 5.74) is 6.55. The maximum atomic E-state index is 13.8. The van der Waals surface area contributed by atoms with Gasteiger partial charge in [0.2, 0.25) is 29.7 Å². The summed E-state index contributed by atoms with van der Waals surface area (Å²) < 4.78 is 31.1. The first-order chi connectivity index (χ1) is 61.5. The van der Waals surface area contributed by atoms with Gasteiger partial charge in [0.1, 0.15) is 40.7 Å². The lowest BCUT2D eigenvalue weighted by atomic mass is 10.1. The Morgan fingerprint density at radius 2 is 0.643 bits per heavy atom. The molecule has 0 saturated carbocycles. The molecule has 0 fully saturated rings. The van der Waals surface area contributed by atoms with Gasteiger partial charge in [0, 0.05) is 71.1 Å². The van der Waals surface area contributed by atoms with Crippen molar-refractivity contribution >= 4 is 70.4 Å². The molecule has 15 rings (SSSR count). The molecule has 129 heavy (non-hydrogen) atoms. The Morgan fingerprint density at radius 1 is 0.357 bits per heavy atom. The number of benzene rings is 4. The molecule has 0 aliphatic heterocycles. The van der Waals surface area contributed by atoms with Gasteiger partial charge in [-0.25, -0.2) is 29.3 Å². The van der Waals surface area contributed by atoms with Crippen LogP contribution in [0.15, 0.2) is 215 Å². The van der Waals surface area contributed by atoms with Crippen LogP contribution in [0.25, 0.3) is 29.7 Å². The number of carbonyl (C=O) groups is 5. The molecule has 666 valence electrons. The predicted molar refractivity (Wildman–Crippen MR) is 487 cm³/mol. The molecular formula is C90H96FN25O12S. The number of aromatic amines is 5. The normalized spacial score (nSPS) is 10.9. The zero-order chi connectivity index (χ0) is 93.2. The van der Waals surface area contributed by atoms with Gasteiger partial charge in [-0.2, -0.15) is 48.9 Å². The van der Waals surface area contributed by atoms with E-state index in [1.165, 1.54) is 97.1 Å². The quantitative estimate of drug-likeness (QED) is 0.0282. The highest BCUT2D eigenvalue weighted by molar-refractivity contribution is 7.98. The molecule has 37 nitrogen and oxygen atoms in total. The lowest BCUT2D eigenvalue weighted by Gasteiger charge is -2.11. The van der Waals surface area contributed by atoms with Gasteiger partial charge in [0.15, 0.2) is 5.76 Å². The molecule has 0 radical (unpaired) electrons. The SMILES string of the molecule is COc1ccccc1C(=O)Nc1cc(C)nn1-c1nc(C(C)C)cc(=O)[nH]1.CSc1ccccc1C(=O)Nc1cc(C)nn1-c1nc(C(C)C)cc(=O)[nH]1.Cc1cc(NC(=O)c2ccccc2)n(-c2nc(C(C)C)cc(=O)[nH]2)n1.Cc1cc(NC(=O)c2ccccc2F)n(-c2nc(C(C)C)cc(=O)[nH]2)n1.Cc1cc(NC(=O)c2ccco2)n(-c2nc(C(C)C)cc(=O)[nH]2)n1. The first-order valence-corrected chi connectivity index (χ1v) is 41.8. The number of amides is 5. The monoisotopic (exact) mass is 1770 g/mol. The highest BCUT2D eigenvalue weighted by Gasteiger charge is 2.25. The Balaban J connectivity index is 0.000000156. The molecular weight excluding hydrogens is 1670 g/mol. The van der Waals surface area contributed by atoms with Crippen LogP contribution in [-0.4, -0.2) is 142 Å². The molecule has 0 saturated heterocycles. The van der Waals surface area contributed by atoms with Crippen LogP contribution in [0.4, 0.5) is 33.5 Å². The van der Waals surface area contributed by atoms with Crippen LogP contribution in [0.5, 0.6) is 5.75 Å². The number of halogens is 1. The van der Waals surface area contributed by atoms with E-state index in [0.29, 0.717) is 103 Å². The number of anilines is 5. The maximum Gasteiger partial charge on any atom is 0.292 e. The molecule has 0 aliphatic carbocycles. The molecule has 5 amide bonds. The molecule has 15 aromatic rings. The number of rotatable bonds is 22. The summed E-state index contributed by atoms with van der Waals surface area (Å²) in [5, 5.41) is 35.4. The number of hydrogen-bond acceptors (Lipinski definition) is 23. The van der Waals surface area contributed by atoms with Crippen molar-refractivity contribution in [2.45, 2.75) is 138 Å². The number of nitrogens with zero attached hydrogens (tertiary/aromatic N) is 15. The Morgan fingerprint density at radius 3 is 0.961 bits per heavy atom. The van der Waals surface area contributed by atoms with Crippen LogP contribution in [0, 0.1) is 40.4 Å². The van der Waals surface area contributed by atoms with Crippen molar-refractivity contribution in [3.63, 3.8) is 0 Å². The van der Waals surface area contributed by atoms with Gasteiger partial charge >= 0.3 is 0 Å². The van der Waals surface area contributed by atoms with Crippen molar-refractivity contribution in [3.05, 3.63) is 325 Å². The maximum absolute atomic E-state index is 13.8. The lowest BCUT2D eigenvalue weighted by Crippen LogP contribution is -2.20. The number of H-pyrrole nitrogens is 5. The Kier molecular flexibility index (Phi) is 30.6. The molecule has 39 heteroatoms. The van der Waals surface area contributed by atoms with E-state index in [1.807, 2.05) is 107 Å². The average molecular weight is 1770 g/mol. The second kappa shape index (κ2) is 42.1. The number of para-hydroxylation sites is 1. The summed E-state index contributed by atoms with van der Waals surface area (Å²) in [6.07, 6.45) is 3.34. The number of aryl methyl sites for hydroxylation is 5. The Labute approximate surface area is 741 Å². The van der Waals surface area contributed by atoms with Gasteiger partial charge in [0.05, 0.1) is 87.0 Å². The molecule has 0 bridgehead atoms. The first kappa shape index (κ1) is 93.7. The number of furan rings is 1. The third-order valence-electron chi connectivity index (χ3n) is 18.7. The van der Waals surface area contributed by atoms with E-state index in [9.17, 15) is 52.3 Å². The lowest BCUT2D eigenvalue weighted by molar-refractivity contribution is 0.0991. The van der Waals surface area contributed by atoms with E-state index >= 15 is 0 Å². The number of aromatic nitrogens is 20. The molecule has 4 aromatic carbocycles. The van der Waals surface area contributed by atoms with Crippen LogP contribution >= 0.6 is 11.8 Å². The van der Waals surface area contributed by atoms with E-state index in [-0.39, 0.29) is 122 Å². The molecule has 0 spiro atoms. The predicted octanol–water partition coefficient (Wildman–Crippen LogP) is 13.7. The number of nitrogens with one attached hydrogen (secondary N) is 10. The largest absolute Gasteiger partial charge is 0.496 e. The number of hydrogen-bond donors (Lipinski definition) is 10. The fraction of sp³-hybridized carbons (Fsp3) is 0.244. The standard InChI is InChI=1S/C19H21N5O3.C19H21N5O2S.C18H18FN5O2.C18H19N5O2.C16H17N5O3/c2*1-11(2)14-10-17(25)22-19(20-14)24-16(9-12(3)23-24)21-18(26)13-7-5-6-8-15(13)27-4;1-10(2)14-9-16(25)22-18(20-14)24-15(8-11(3)23-24)21-17(26)12-6-4-5-7-13(12)19;1-11(2)14-10-16(24)21-18(19-14)23-15(9-12(3)22-23)20-17(25)13-7-5-4-6-8-13;1-9(2)11-8-14(22)19-16(17-11)21-13(7-10(3)20-21)18-15(23)12-5-4-6-24-12/h2*5-11H,1-4H3,(H,21,26)(H,20,22,25);4-10H,1-3H3,(H,21,26)(H,20,22,25);4-11H,1-3H3,(H,20,25)(H,19,21,24);4-9H,1-3H3,(H,18,23)(H,17,19,22). The molecule has 0 unspecified atom stereocenters. The van der Waals surface area contributed by atoms with Gasteiger partial charge in [0.25, 0.3) is 57.3 Å². The summed E-state index contributed by atoms with van der Waals surface area (Å²) >= 11 is 1.50. The minimum Gasteiger partial charge on any atom is -0.496 e. The minimum atomic E-state index is -0.624. The number of thioether (sulfide) groups is 1. The van der Waals surface area contributed by atoms with Crippen LogP contribution in [0.1, 0.15) is 208 Å². The zero-order valence-electron chi connectivity index (χ0n) is 73.6. The van der Waals surface area contributed by atoms with Gasteiger partial charge in [-0.1, -0.05) is 124 Å². The van der Waals surface area contributed by atoms with Crippen molar-refractivity contribution in [1.29, 1.82) is 0 Å². The smallest absolute Gasteiger partial charge is 0.292 e. The third kappa shape index (κ3) is 24.4. The van der Waals surface area contributed by atoms with E-state index in [0.717, 1.165) is 4.90 Å². The number of ether oxygens (including phenoxy) is 1. The third-order valence-corrected chi connectivity index (χ3v) is 19.5. The van der Waals surface area contributed by atoms with Crippen LogP contribution < -0.4 is 59.1 Å². The van der Waals surface area contributed by atoms with Crippen molar-refractivity contribution < 1.29 is 37.5 Å². The van der Waals surface area contributed by atoms with Gasteiger partial charge in [-0.05, 0) is 131 Å². The molecule has 11 aromatic heterocycles. The highest BCUT2D eigenvalue weighted by atomic mass is 32.2. The van der Waals surface area contributed by atoms with Gasteiger partial charge < -0.3 is 35.7 Å². The van der Waals surface area contributed by atoms with Crippen LogP contribution in [-0.2, 0) is 0 Å². The summed E-state index contributed by atoms with van der Waals surface area (Å²) in [6.45, 7) is 28.4. The number of methoxy groups -OCH3 is 1. The summed E-state index contributed by atoms with van der Waals surface area (Å²) in [6, 6.07) is 47.8. The second-order valence-electron chi connectivity index (χ2n) is 30.7. The molecule has 10 N–H and O–H groups in total. The fourth-order valence-corrected chi connectivity index (χ4v) is 12.9. The highest BCUT2D eigenvalue weighted by Crippen LogP contribution is 2.27. The molecule has 0 aliphatic rings. The first-order valence-electron chi connectivity index (χ1n) is 40.6. The Bertz CT molecular complexity index is 6700.